The largest absolute Gasteiger partial charge is 0.373 e. The zero-order valence-corrected chi connectivity index (χ0v) is 11.0. The molecule has 2 aliphatic rings. The molecule has 0 bridgehead atoms. The van der Waals surface area contributed by atoms with Gasteiger partial charge in [-0.15, -0.1) is 0 Å². The number of hydrogen-bond acceptors (Lipinski definition) is 3. The molecule has 2 aliphatic heterocycles. The van der Waals surface area contributed by atoms with Gasteiger partial charge < -0.3 is 15.4 Å². The maximum Gasteiger partial charge on any atom is 0.0795 e. The van der Waals surface area contributed by atoms with Crippen LogP contribution in [0.1, 0.15) is 25.3 Å². The molecule has 1 aromatic rings. The van der Waals surface area contributed by atoms with Crippen molar-refractivity contribution in [2.45, 2.75) is 44.4 Å². The van der Waals surface area contributed by atoms with Gasteiger partial charge in [-0.3, -0.25) is 0 Å². The smallest absolute Gasteiger partial charge is 0.0795 e. The van der Waals surface area contributed by atoms with Crippen LogP contribution >= 0.6 is 0 Å². The van der Waals surface area contributed by atoms with Crippen LogP contribution in [0.4, 0.5) is 5.69 Å². The zero-order chi connectivity index (χ0) is 12.5. The first-order chi connectivity index (χ1) is 8.79. The lowest BCUT2D eigenvalue weighted by molar-refractivity contribution is 0.0405. The fourth-order valence-electron chi connectivity index (χ4n) is 3.30. The Labute approximate surface area is 109 Å². The highest BCUT2D eigenvalue weighted by Gasteiger charge is 2.35. The Balaban J connectivity index is 1.81. The molecule has 3 nitrogen and oxygen atoms in total. The molecule has 3 rings (SSSR count). The van der Waals surface area contributed by atoms with Crippen molar-refractivity contribution in [3.05, 3.63) is 29.8 Å². The minimum absolute atomic E-state index is 0.302. The van der Waals surface area contributed by atoms with Crippen LogP contribution in [0.3, 0.4) is 0 Å². The fraction of sp³-hybridized carbons (Fsp3) is 0.600. The summed E-state index contributed by atoms with van der Waals surface area (Å²) in [7, 11) is 0. The Kier molecular flexibility index (Phi) is 3.27. The minimum Gasteiger partial charge on any atom is -0.373 e. The average molecular weight is 246 g/mol. The molecule has 3 unspecified atom stereocenters. The topological polar surface area (TPSA) is 38.5 Å². The van der Waals surface area contributed by atoms with Gasteiger partial charge in [0.25, 0.3) is 0 Å². The molecule has 2 N–H and O–H groups in total. The third kappa shape index (κ3) is 2.02. The highest BCUT2D eigenvalue weighted by atomic mass is 16.5. The van der Waals surface area contributed by atoms with Crippen molar-refractivity contribution >= 4 is 5.69 Å². The van der Waals surface area contributed by atoms with Gasteiger partial charge in [-0.2, -0.15) is 0 Å². The van der Waals surface area contributed by atoms with E-state index in [1.807, 2.05) is 0 Å². The van der Waals surface area contributed by atoms with Gasteiger partial charge >= 0.3 is 0 Å². The van der Waals surface area contributed by atoms with Gasteiger partial charge in [-0.1, -0.05) is 18.2 Å². The van der Waals surface area contributed by atoms with Crippen molar-refractivity contribution < 1.29 is 4.74 Å². The summed E-state index contributed by atoms with van der Waals surface area (Å²) in [5.74, 6) is 0. The van der Waals surface area contributed by atoms with Gasteiger partial charge in [0.05, 0.1) is 18.2 Å². The minimum atomic E-state index is 0.302. The van der Waals surface area contributed by atoms with Gasteiger partial charge in [0.1, 0.15) is 0 Å². The van der Waals surface area contributed by atoms with Crippen molar-refractivity contribution in [2.75, 3.05) is 18.0 Å². The van der Waals surface area contributed by atoms with E-state index in [1.54, 1.807) is 0 Å². The molecule has 2 heterocycles. The molecule has 0 saturated carbocycles. The Hall–Kier alpha value is -1.06. The number of benzene rings is 1. The molecule has 1 aromatic carbocycles. The average Bonchev–Trinajstić information content (AvgIpc) is 2.98. The summed E-state index contributed by atoms with van der Waals surface area (Å²) in [5.41, 5.74) is 8.82. The summed E-state index contributed by atoms with van der Waals surface area (Å²) in [4.78, 5) is 2.46. The van der Waals surface area contributed by atoms with Crippen LogP contribution in [0.2, 0.25) is 0 Å². The van der Waals surface area contributed by atoms with Crippen LogP contribution in [-0.2, 0) is 11.2 Å². The maximum atomic E-state index is 6.02. The third-order valence-corrected chi connectivity index (χ3v) is 4.26. The Morgan fingerprint density at radius 3 is 2.94 bits per heavy atom. The Morgan fingerprint density at radius 1 is 1.39 bits per heavy atom. The summed E-state index contributed by atoms with van der Waals surface area (Å²) in [6.45, 7) is 3.91. The van der Waals surface area contributed by atoms with E-state index in [-0.39, 0.29) is 0 Å². The molecule has 0 aromatic heterocycles. The second-order valence-electron chi connectivity index (χ2n) is 5.44. The molecule has 3 heteroatoms. The van der Waals surface area contributed by atoms with Crippen molar-refractivity contribution in [2.24, 2.45) is 5.73 Å². The molecule has 98 valence electrons. The molecule has 1 fully saturated rings. The van der Waals surface area contributed by atoms with E-state index in [0.717, 1.165) is 25.8 Å². The summed E-state index contributed by atoms with van der Waals surface area (Å²) in [5, 5.41) is 0. The molecule has 18 heavy (non-hydrogen) atoms. The number of rotatable bonds is 3. The molecule has 0 radical (unpaired) electrons. The second-order valence-corrected chi connectivity index (χ2v) is 5.44. The van der Waals surface area contributed by atoms with Gasteiger partial charge in [-0.25, -0.2) is 0 Å². The second kappa shape index (κ2) is 4.90. The van der Waals surface area contributed by atoms with E-state index in [1.165, 1.54) is 11.3 Å². The van der Waals surface area contributed by atoms with Crippen LogP contribution in [-0.4, -0.2) is 31.3 Å². The molecule has 0 aliphatic carbocycles. The zero-order valence-electron chi connectivity index (χ0n) is 11.0. The standard InChI is InChI=1S/C15H22N2O/c1-11-6-7-15(18-11)14(10-16)17-9-8-12-4-2-3-5-13(12)17/h2-5,11,14-15H,6-10,16H2,1H3. The first-order valence-electron chi connectivity index (χ1n) is 6.99. The lowest BCUT2D eigenvalue weighted by Crippen LogP contribution is -2.47. The van der Waals surface area contributed by atoms with Crippen LogP contribution in [0.25, 0.3) is 0 Å². The van der Waals surface area contributed by atoms with Gasteiger partial charge in [0.15, 0.2) is 0 Å². The van der Waals surface area contributed by atoms with E-state index >= 15 is 0 Å². The normalized spacial score (nSPS) is 28.4. The first kappa shape index (κ1) is 12.0. The summed E-state index contributed by atoms with van der Waals surface area (Å²) in [6, 6.07) is 9.00. The molecule has 0 spiro atoms. The number of hydrogen-bond donors (Lipinski definition) is 1. The summed E-state index contributed by atoms with van der Waals surface area (Å²) >= 11 is 0. The van der Waals surface area contributed by atoms with E-state index in [4.69, 9.17) is 10.5 Å². The predicted octanol–water partition coefficient (Wildman–Crippen LogP) is 1.94. The lowest BCUT2D eigenvalue weighted by atomic mass is 10.1. The quantitative estimate of drug-likeness (QED) is 0.886. The first-order valence-corrected chi connectivity index (χ1v) is 6.99. The summed E-state index contributed by atoms with van der Waals surface area (Å²) < 4.78 is 6.02. The fourth-order valence-corrected chi connectivity index (χ4v) is 3.30. The van der Waals surface area contributed by atoms with Crippen LogP contribution in [0.15, 0.2) is 24.3 Å². The van der Waals surface area contributed by atoms with Crippen molar-refractivity contribution in [3.63, 3.8) is 0 Å². The van der Waals surface area contributed by atoms with Crippen LogP contribution < -0.4 is 10.6 Å². The molecule has 0 amide bonds. The number of ether oxygens (including phenoxy) is 1. The van der Waals surface area contributed by atoms with Gasteiger partial charge in [0.2, 0.25) is 0 Å². The third-order valence-electron chi connectivity index (χ3n) is 4.26. The van der Waals surface area contributed by atoms with Gasteiger partial charge in [-0.05, 0) is 37.8 Å². The van der Waals surface area contributed by atoms with Crippen molar-refractivity contribution in [3.8, 4) is 0 Å². The van der Waals surface area contributed by atoms with E-state index in [0.29, 0.717) is 24.8 Å². The van der Waals surface area contributed by atoms with Crippen molar-refractivity contribution in [1.82, 2.24) is 0 Å². The number of anilines is 1. The monoisotopic (exact) mass is 246 g/mol. The number of nitrogens with zero attached hydrogens (tertiary/aromatic N) is 1. The molecule has 3 atom stereocenters. The SMILES string of the molecule is CC1CCC(C(CN)N2CCc3ccccc32)O1. The number of nitrogens with two attached hydrogens (primary N) is 1. The lowest BCUT2D eigenvalue weighted by Gasteiger charge is -2.33. The van der Waals surface area contributed by atoms with Crippen molar-refractivity contribution in [1.29, 1.82) is 0 Å². The highest BCUT2D eigenvalue weighted by molar-refractivity contribution is 5.58. The van der Waals surface area contributed by atoms with Gasteiger partial charge in [0, 0.05) is 18.8 Å². The molecule has 1 saturated heterocycles. The van der Waals surface area contributed by atoms with Crippen LogP contribution in [0, 0.1) is 0 Å². The Morgan fingerprint density at radius 2 is 2.22 bits per heavy atom. The van der Waals surface area contributed by atoms with Crippen LogP contribution in [0.5, 0.6) is 0 Å². The summed E-state index contributed by atoms with van der Waals surface area (Å²) in [6.07, 6.45) is 4.13. The Bertz CT molecular complexity index is 421. The maximum absolute atomic E-state index is 6.02. The van der Waals surface area contributed by atoms with E-state index < -0.39 is 0 Å². The number of fused-ring (bicyclic) bond motifs is 1. The number of para-hydroxylation sites is 1. The predicted molar refractivity (Wildman–Crippen MR) is 73.9 cm³/mol. The van der Waals surface area contributed by atoms with E-state index in [9.17, 15) is 0 Å². The highest BCUT2D eigenvalue weighted by Crippen LogP contribution is 2.33. The molecular formula is C15H22N2O. The van der Waals surface area contributed by atoms with E-state index in [2.05, 4.69) is 36.1 Å². The molecular weight excluding hydrogens is 224 g/mol.